The molecule has 0 bridgehead atoms. The van der Waals surface area contributed by atoms with Gasteiger partial charge in [0.2, 0.25) is 0 Å². The van der Waals surface area contributed by atoms with Crippen molar-refractivity contribution < 1.29 is 14.3 Å². The van der Waals surface area contributed by atoms with Gasteiger partial charge in [-0.15, -0.1) is 0 Å². The van der Waals surface area contributed by atoms with Gasteiger partial charge in [-0.05, 0) is 60.6 Å². The van der Waals surface area contributed by atoms with Crippen molar-refractivity contribution in [2.75, 3.05) is 0 Å². The molecule has 92 valence electrons. The second kappa shape index (κ2) is 8.42. The highest BCUT2D eigenvalue weighted by molar-refractivity contribution is 9.29. The van der Waals surface area contributed by atoms with Gasteiger partial charge in [-0.25, -0.2) is 0 Å². The molecule has 0 spiro atoms. The third-order valence-electron chi connectivity index (χ3n) is 1.89. The summed E-state index contributed by atoms with van der Waals surface area (Å²) in [6, 6.07) is 0. The first-order valence-electron chi connectivity index (χ1n) is 4.79. The van der Waals surface area contributed by atoms with Crippen molar-refractivity contribution in [2.24, 2.45) is 0 Å². The number of allylic oxidation sites excluding steroid dienone is 1. The number of hydrogen-bond acceptors (Lipinski definition) is 3. The summed E-state index contributed by atoms with van der Waals surface area (Å²) in [4.78, 5) is 22.3. The first kappa shape index (κ1) is 16.3. The molecule has 0 aromatic heterocycles. The number of halogens is 3. The Morgan fingerprint density at radius 2 is 1.81 bits per heavy atom. The zero-order valence-electron chi connectivity index (χ0n) is 9.06. The molecule has 0 rings (SSSR count). The van der Waals surface area contributed by atoms with Crippen molar-refractivity contribution in [2.45, 2.75) is 39.2 Å². The van der Waals surface area contributed by atoms with Crippen molar-refractivity contribution in [1.82, 2.24) is 0 Å². The Bertz CT molecular complexity index is 296. The van der Waals surface area contributed by atoms with Crippen LogP contribution in [0.15, 0.2) is 7.87 Å². The Kier molecular flexibility index (Phi) is 8.58. The molecule has 16 heavy (non-hydrogen) atoms. The van der Waals surface area contributed by atoms with Crippen LogP contribution in [0.4, 0.5) is 0 Å². The molecule has 0 saturated heterocycles. The Morgan fingerprint density at radius 3 is 2.19 bits per heavy atom. The Morgan fingerprint density at radius 1 is 1.25 bits per heavy atom. The van der Waals surface area contributed by atoms with Gasteiger partial charge in [0.25, 0.3) is 0 Å². The summed E-state index contributed by atoms with van der Waals surface area (Å²) >= 11 is 9.46. The van der Waals surface area contributed by atoms with E-state index in [0.29, 0.717) is 27.1 Å². The molecule has 0 saturated carbocycles. The van der Waals surface area contributed by atoms with Gasteiger partial charge in [0.15, 0.2) is 5.78 Å². The quantitative estimate of drug-likeness (QED) is 0.481. The molecule has 0 radical (unpaired) electrons. The van der Waals surface area contributed by atoms with Crippen LogP contribution in [-0.4, -0.2) is 17.9 Å². The molecule has 3 nitrogen and oxygen atoms in total. The predicted molar refractivity (Wildman–Crippen MR) is 73.9 cm³/mol. The Balaban J connectivity index is 4.17. The fourth-order valence-corrected chi connectivity index (χ4v) is 1.73. The highest BCUT2D eigenvalue weighted by Crippen LogP contribution is 2.26. The molecule has 0 amide bonds. The molecular weight excluding hydrogens is 408 g/mol. The lowest BCUT2D eigenvalue weighted by Crippen LogP contribution is -2.16. The van der Waals surface area contributed by atoms with E-state index in [2.05, 4.69) is 47.8 Å². The predicted octanol–water partition coefficient (Wildman–Crippen LogP) is 4.03. The fourth-order valence-electron chi connectivity index (χ4n) is 1.09. The molecule has 0 unspecified atom stereocenters. The zero-order valence-corrected chi connectivity index (χ0v) is 13.8. The minimum atomic E-state index is -0.310. The van der Waals surface area contributed by atoms with Crippen molar-refractivity contribution in [3.8, 4) is 0 Å². The van der Waals surface area contributed by atoms with Gasteiger partial charge >= 0.3 is 5.97 Å². The number of esters is 1. The van der Waals surface area contributed by atoms with E-state index in [1.807, 2.05) is 6.92 Å². The normalized spacial score (nSPS) is 11.8. The van der Waals surface area contributed by atoms with E-state index < -0.39 is 0 Å². The molecule has 0 fully saturated rings. The highest BCUT2D eigenvalue weighted by Gasteiger charge is 2.15. The average molecular weight is 421 g/mol. The molecule has 0 aromatic carbocycles. The third-order valence-corrected chi connectivity index (χ3v) is 4.59. The number of ether oxygens (including phenoxy) is 1. The Labute approximate surface area is 120 Å². The monoisotopic (exact) mass is 418 g/mol. The third kappa shape index (κ3) is 6.81. The van der Waals surface area contributed by atoms with Gasteiger partial charge in [0.1, 0.15) is 6.10 Å². The summed E-state index contributed by atoms with van der Waals surface area (Å²) in [6.07, 6.45) is 1.41. The van der Waals surface area contributed by atoms with Crippen molar-refractivity contribution >= 4 is 59.5 Å². The van der Waals surface area contributed by atoms with E-state index in [-0.39, 0.29) is 17.9 Å². The summed E-state index contributed by atoms with van der Waals surface area (Å²) in [5.74, 6) is -0.343. The first-order chi connectivity index (χ1) is 7.38. The van der Waals surface area contributed by atoms with Crippen LogP contribution in [0.25, 0.3) is 0 Å². The summed E-state index contributed by atoms with van der Waals surface area (Å²) in [6.45, 7) is 3.29. The van der Waals surface area contributed by atoms with Gasteiger partial charge in [0, 0.05) is 13.3 Å². The number of carbonyl (C=O) groups is 2. The smallest absolute Gasteiger partial charge is 0.302 e. The second-order valence-electron chi connectivity index (χ2n) is 3.18. The maximum absolute atomic E-state index is 11.6. The van der Waals surface area contributed by atoms with Crippen LogP contribution in [-0.2, 0) is 14.3 Å². The van der Waals surface area contributed by atoms with E-state index in [1.54, 1.807) is 0 Å². The summed E-state index contributed by atoms with van der Waals surface area (Å²) in [5.41, 5.74) is 0. The molecular formula is C10H13Br3O3. The maximum atomic E-state index is 11.6. The molecule has 0 aliphatic heterocycles. The highest BCUT2D eigenvalue weighted by atomic mass is 79.9. The van der Waals surface area contributed by atoms with E-state index in [0.717, 1.165) is 0 Å². The number of Topliss-reactive ketones (excluding diaryl/α,β-unsaturated/α-hetero) is 1. The topological polar surface area (TPSA) is 43.4 Å². The number of ketones is 1. The zero-order chi connectivity index (χ0) is 12.7. The molecule has 0 heterocycles. The maximum Gasteiger partial charge on any atom is 0.302 e. The van der Waals surface area contributed by atoms with Crippen LogP contribution in [0.2, 0.25) is 0 Å². The van der Waals surface area contributed by atoms with E-state index in [1.165, 1.54) is 6.92 Å². The van der Waals surface area contributed by atoms with Crippen LogP contribution < -0.4 is 0 Å². The molecule has 0 N–H and O–H groups in total. The van der Waals surface area contributed by atoms with Gasteiger partial charge in [-0.2, -0.15) is 0 Å². The van der Waals surface area contributed by atoms with Crippen molar-refractivity contribution in [1.29, 1.82) is 0 Å². The van der Waals surface area contributed by atoms with Crippen LogP contribution in [0, 0.1) is 0 Å². The number of rotatable bonds is 6. The second-order valence-corrected chi connectivity index (χ2v) is 6.62. The number of carbonyl (C=O) groups excluding carboxylic acids is 2. The molecule has 1 atom stereocenters. The van der Waals surface area contributed by atoms with Crippen LogP contribution in [0.1, 0.15) is 33.1 Å². The molecule has 0 aromatic rings. The lowest BCUT2D eigenvalue weighted by molar-refractivity contribution is -0.147. The van der Waals surface area contributed by atoms with Gasteiger partial charge in [0.05, 0.1) is 7.87 Å². The minimum absolute atomic E-state index is 0.0330. The van der Waals surface area contributed by atoms with Crippen LogP contribution >= 0.6 is 47.8 Å². The lowest BCUT2D eigenvalue weighted by atomic mass is 10.1. The van der Waals surface area contributed by atoms with Crippen molar-refractivity contribution in [3.05, 3.63) is 7.87 Å². The fraction of sp³-hybridized carbons (Fsp3) is 0.600. The van der Waals surface area contributed by atoms with Crippen LogP contribution in [0.5, 0.6) is 0 Å². The van der Waals surface area contributed by atoms with Gasteiger partial charge < -0.3 is 4.74 Å². The summed E-state index contributed by atoms with van der Waals surface area (Å²) in [5, 5.41) is 0. The SMILES string of the molecule is CC[C@H](CCC(=O)C(Br)=C(Br)Br)OC(C)=O. The van der Waals surface area contributed by atoms with Crippen LogP contribution in [0.3, 0.4) is 0 Å². The summed E-state index contributed by atoms with van der Waals surface area (Å²) < 4.78 is 6.10. The largest absolute Gasteiger partial charge is 0.463 e. The average Bonchev–Trinajstić information content (AvgIpc) is 2.21. The van der Waals surface area contributed by atoms with Gasteiger partial charge in [-0.1, -0.05) is 6.92 Å². The lowest BCUT2D eigenvalue weighted by Gasteiger charge is -2.14. The molecule has 0 aliphatic rings. The van der Waals surface area contributed by atoms with E-state index >= 15 is 0 Å². The van der Waals surface area contributed by atoms with E-state index in [9.17, 15) is 9.59 Å². The van der Waals surface area contributed by atoms with Crippen molar-refractivity contribution in [3.63, 3.8) is 0 Å². The van der Waals surface area contributed by atoms with E-state index in [4.69, 9.17) is 4.74 Å². The first-order valence-corrected chi connectivity index (χ1v) is 7.17. The molecule has 0 aliphatic carbocycles. The summed E-state index contributed by atoms with van der Waals surface area (Å²) in [7, 11) is 0. The molecule has 6 heteroatoms. The number of hydrogen-bond donors (Lipinski definition) is 0. The Hall–Kier alpha value is 0.320. The standard InChI is InChI=1S/C10H13Br3O3/c1-3-7(16-6(2)14)4-5-8(15)9(11)10(12)13/h7H,3-5H2,1-2H3/t7-/m1/s1. The van der Waals surface area contributed by atoms with Gasteiger partial charge in [-0.3, -0.25) is 9.59 Å². The minimum Gasteiger partial charge on any atom is -0.463 e.